The summed E-state index contributed by atoms with van der Waals surface area (Å²) in [6.07, 6.45) is 106. The second-order valence-electron chi connectivity index (χ2n) is 28.8. The first-order valence-corrected chi connectivity index (χ1v) is 41.8. The maximum absolute atomic E-state index is 12.6. The molecule has 0 aromatic rings. The summed E-state index contributed by atoms with van der Waals surface area (Å²) in [5, 5.41) is 23.3. The van der Waals surface area contributed by atoms with Gasteiger partial charge in [-0.3, -0.25) is 9.59 Å². The minimum atomic E-state index is -0.843. The molecular weight excluding hydrogens is 1110 g/mol. The van der Waals surface area contributed by atoms with Crippen molar-refractivity contribution in [1.82, 2.24) is 5.32 Å². The highest BCUT2D eigenvalue weighted by atomic mass is 16.5. The molecule has 0 aromatic carbocycles. The number of allylic oxidation sites excluding steroid dienone is 5. The standard InChI is InChI=1S/C85H163NO5/c1-3-5-7-9-11-13-15-17-19-21-23-24-25-36-39-42-45-49-53-57-61-65-69-73-77-83(88)82(81-87)86-84(89)78-74-70-66-62-58-54-50-46-43-40-37-34-32-30-28-26-27-29-31-33-35-38-41-44-48-52-56-60-64-68-72-76-80-91-85(90)79-75-71-67-63-59-55-51-47-22-20-18-16-14-12-10-8-6-4-2/h14,16,20,22,73,77,82-83,87-88H,3-13,15,17-19,21,23-72,74-76,78-81H2,1-2H3,(H,86,89)/b16-14-,22-20-,77-73+. The van der Waals surface area contributed by atoms with Gasteiger partial charge in [-0.25, -0.2) is 0 Å². The number of ether oxygens (including phenoxy) is 1. The third-order valence-corrected chi connectivity index (χ3v) is 19.7. The number of hydrogen-bond donors (Lipinski definition) is 3. The lowest BCUT2D eigenvalue weighted by Gasteiger charge is -2.20. The first-order chi connectivity index (χ1) is 45.0. The molecule has 0 saturated heterocycles. The molecule has 538 valence electrons. The van der Waals surface area contributed by atoms with E-state index in [1.807, 2.05) is 6.08 Å². The Bertz CT molecular complexity index is 1470. The van der Waals surface area contributed by atoms with Gasteiger partial charge in [0.1, 0.15) is 0 Å². The highest BCUT2D eigenvalue weighted by molar-refractivity contribution is 5.76. The minimum Gasteiger partial charge on any atom is -0.466 e. The highest BCUT2D eigenvalue weighted by Gasteiger charge is 2.18. The monoisotopic (exact) mass is 1280 g/mol. The zero-order valence-electron chi connectivity index (χ0n) is 61.9. The minimum absolute atomic E-state index is 0.0145. The highest BCUT2D eigenvalue weighted by Crippen LogP contribution is 2.20. The molecule has 6 nitrogen and oxygen atoms in total. The van der Waals surface area contributed by atoms with Gasteiger partial charge in [-0.05, 0) is 64.2 Å². The third-order valence-electron chi connectivity index (χ3n) is 19.7. The van der Waals surface area contributed by atoms with Crippen LogP contribution in [0.15, 0.2) is 36.5 Å². The number of unbranched alkanes of at least 4 members (excludes halogenated alkanes) is 64. The quantitative estimate of drug-likeness (QED) is 0.0320. The summed E-state index contributed by atoms with van der Waals surface area (Å²) in [7, 11) is 0. The van der Waals surface area contributed by atoms with Gasteiger partial charge in [-0.15, -0.1) is 0 Å². The van der Waals surface area contributed by atoms with Gasteiger partial charge in [0.25, 0.3) is 0 Å². The number of nitrogens with one attached hydrogen (secondary N) is 1. The van der Waals surface area contributed by atoms with Gasteiger partial charge >= 0.3 is 5.97 Å². The zero-order chi connectivity index (χ0) is 65.6. The van der Waals surface area contributed by atoms with E-state index < -0.39 is 12.1 Å². The predicted octanol–water partition coefficient (Wildman–Crippen LogP) is 27.8. The molecule has 0 aliphatic heterocycles. The van der Waals surface area contributed by atoms with Gasteiger partial charge < -0.3 is 20.3 Å². The van der Waals surface area contributed by atoms with Gasteiger partial charge in [0.2, 0.25) is 5.91 Å². The summed E-state index contributed by atoms with van der Waals surface area (Å²) in [6, 6.07) is -0.626. The average Bonchev–Trinajstić information content (AvgIpc) is 3.66. The van der Waals surface area contributed by atoms with E-state index in [0.29, 0.717) is 19.4 Å². The van der Waals surface area contributed by atoms with Crippen LogP contribution in [0.4, 0.5) is 0 Å². The Kier molecular flexibility index (Phi) is 78.8. The van der Waals surface area contributed by atoms with Gasteiger partial charge in [-0.2, -0.15) is 0 Å². The molecule has 0 fully saturated rings. The van der Waals surface area contributed by atoms with Crippen LogP contribution in [0.5, 0.6) is 0 Å². The van der Waals surface area contributed by atoms with Crippen LogP contribution < -0.4 is 5.32 Å². The lowest BCUT2D eigenvalue weighted by Crippen LogP contribution is -2.45. The van der Waals surface area contributed by atoms with Crippen LogP contribution in [0, 0.1) is 0 Å². The van der Waals surface area contributed by atoms with E-state index in [0.717, 1.165) is 51.4 Å². The summed E-state index contributed by atoms with van der Waals surface area (Å²) in [4.78, 5) is 24.7. The number of carbonyl (C=O) groups is 2. The molecule has 0 heterocycles. The molecule has 1 amide bonds. The molecule has 0 aliphatic carbocycles. The fourth-order valence-electron chi connectivity index (χ4n) is 13.3. The van der Waals surface area contributed by atoms with Crippen molar-refractivity contribution in [3.8, 4) is 0 Å². The van der Waals surface area contributed by atoms with Crippen LogP contribution in [-0.2, 0) is 14.3 Å². The van der Waals surface area contributed by atoms with Crippen LogP contribution in [0.3, 0.4) is 0 Å². The molecule has 3 N–H and O–H groups in total. The maximum Gasteiger partial charge on any atom is 0.305 e. The largest absolute Gasteiger partial charge is 0.466 e. The SMILES string of the molecule is CCCCCC/C=C\C/C=C\CCCCCCCCCC(=O)OCCCCCCCCCCCCCCCCCCCCCCCCCCCCCCCCCCC(=O)NC(CO)C(O)/C=C/CCCCCCCCCCCCCCCCCCCCCCCC. The van der Waals surface area contributed by atoms with E-state index in [2.05, 4.69) is 43.5 Å². The summed E-state index contributed by atoms with van der Waals surface area (Å²) < 4.78 is 5.51. The summed E-state index contributed by atoms with van der Waals surface area (Å²) in [5.41, 5.74) is 0. The molecule has 0 radical (unpaired) electrons. The van der Waals surface area contributed by atoms with Crippen molar-refractivity contribution in [2.75, 3.05) is 13.2 Å². The van der Waals surface area contributed by atoms with E-state index in [-0.39, 0.29) is 18.5 Å². The fourth-order valence-corrected chi connectivity index (χ4v) is 13.3. The molecule has 0 rings (SSSR count). The Morgan fingerprint density at radius 3 is 0.846 bits per heavy atom. The van der Waals surface area contributed by atoms with Crippen molar-refractivity contribution in [3.05, 3.63) is 36.5 Å². The molecular formula is C85H163NO5. The smallest absolute Gasteiger partial charge is 0.305 e. The number of rotatable bonds is 79. The molecule has 6 heteroatoms. The zero-order valence-corrected chi connectivity index (χ0v) is 61.9. The predicted molar refractivity (Wildman–Crippen MR) is 403 cm³/mol. The molecule has 0 saturated carbocycles. The van der Waals surface area contributed by atoms with Gasteiger partial charge in [-0.1, -0.05) is 429 Å². The van der Waals surface area contributed by atoms with E-state index in [1.54, 1.807) is 6.08 Å². The molecule has 0 bridgehead atoms. The maximum atomic E-state index is 12.6. The van der Waals surface area contributed by atoms with Crippen LogP contribution >= 0.6 is 0 Å². The second kappa shape index (κ2) is 80.5. The van der Waals surface area contributed by atoms with Crippen molar-refractivity contribution >= 4 is 11.9 Å². The van der Waals surface area contributed by atoms with Crippen molar-refractivity contribution in [1.29, 1.82) is 0 Å². The van der Waals surface area contributed by atoms with Crippen molar-refractivity contribution in [3.63, 3.8) is 0 Å². The van der Waals surface area contributed by atoms with E-state index >= 15 is 0 Å². The Balaban J connectivity index is 3.35. The lowest BCUT2D eigenvalue weighted by atomic mass is 10.0. The summed E-state index contributed by atoms with van der Waals surface area (Å²) >= 11 is 0. The topological polar surface area (TPSA) is 95.9 Å². The Labute approximate surface area is 570 Å². The van der Waals surface area contributed by atoms with E-state index in [1.165, 1.54) is 392 Å². The average molecular weight is 1280 g/mol. The molecule has 91 heavy (non-hydrogen) atoms. The lowest BCUT2D eigenvalue weighted by molar-refractivity contribution is -0.143. The van der Waals surface area contributed by atoms with Crippen molar-refractivity contribution in [2.24, 2.45) is 0 Å². The van der Waals surface area contributed by atoms with E-state index in [4.69, 9.17) is 4.74 Å². The number of hydrogen-bond acceptors (Lipinski definition) is 5. The van der Waals surface area contributed by atoms with Gasteiger partial charge in [0.05, 0.1) is 25.4 Å². The molecule has 0 spiro atoms. The Morgan fingerprint density at radius 1 is 0.308 bits per heavy atom. The van der Waals surface area contributed by atoms with Crippen LogP contribution in [0.25, 0.3) is 0 Å². The van der Waals surface area contributed by atoms with Gasteiger partial charge in [0, 0.05) is 12.8 Å². The number of esters is 1. The van der Waals surface area contributed by atoms with E-state index in [9.17, 15) is 19.8 Å². The Hall–Kier alpha value is -1.92. The Morgan fingerprint density at radius 2 is 0.549 bits per heavy atom. The van der Waals surface area contributed by atoms with Gasteiger partial charge in [0.15, 0.2) is 0 Å². The third kappa shape index (κ3) is 77.0. The van der Waals surface area contributed by atoms with Crippen molar-refractivity contribution in [2.45, 2.75) is 482 Å². The number of amides is 1. The first-order valence-electron chi connectivity index (χ1n) is 41.8. The number of carbonyl (C=O) groups excluding carboxylic acids is 2. The van der Waals surface area contributed by atoms with Crippen LogP contribution in [-0.4, -0.2) is 47.4 Å². The number of aliphatic hydroxyl groups excluding tert-OH is 2. The van der Waals surface area contributed by atoms with Crippen molar-refractivity contribution < 1.29 is 24.5 Å². The molecule has 0 aromatic heterocycles. The fraction of sp³-hybridized carbons (Fsp3) is 0.906. The summed E-state index contributed by atoms with van der Waals surface area (Å²) in [6.45, 7) is 4.94. The number of aliphatic hydroxyl groups is 2. The normalized spacial score (nSPS) is 12.6. The molecule has 2 unspecified atom stereocenters. The molecule has 0 aliphatic rings. The van der Waals surface area contributed by atoms with Crippen LogP contribution in [0.2, 0.25) is 0 Å². The molecule has 2 atom stereocenters. The summed E-state index contributed by atoms with van der Waals surface area (Å²) in [5.74, 6) is -0.0437. The van der Waals surface area contributed by atoms with Crippen LogP contribution in [0.1, 0.15) is 470 Å². The first kappa shape index (κ1) is 89.1. The second-order valence-corrected chi connectivity index (χ2v) is 28.8.